The van der Waals surface area contributed by atoms with E-state index in [0.29, 0.717) is 6.54 Å². The first-order valence-corrected chi connectivity index (χ1v) is 8.81. The molecule has 0 aliphatic rings. The second-order valence-electron chi connectivity index (χ2n) is 3.80. The molecule has 0 bridgehead atoms. The van der Waals surface area contributed by atoms with Gasteiger partial charge in [0.15, 0.2) is 4.34 Å². The van der Waals surface area contributed by atoms with Gasteiger partial charge in [0.05, 0.1) is 0 Å². The maximum absolute atomic E-state index is 5.91. The third kappa shape index (κ3) is 3.72. The molecular formula is C13H17N3S3. The average Bonchev–Trinajstić information content (AvgIpc) is 2.87. The molecule has 0 saturated carbocycles. The predicted molar refractivity (Wildman–Crippen MR) is 84.1 cm³/mol. The lowest BCUT2D eigenvalue weighted by Gasteiger charge is -2.10. The lowest BCUT2D eigenvalue weighted by Crippen LogP contribution is -2.00. The molecule has 3 nitrogen and oxygen atoms in total. The van der Waals surface area contributed by atoms with Gasteiger partial charge in [0.2, 0.25) is 0 Å². The highest BCUT2D eigenvalue weighted by Crippen LogP contribution is 2.35. The van der Waals surface area contributed by atoms with E-state index in [9.17, 15) is 0 Å². The second-order valence-corrected chi connectivity index (χ2v) is 7.15. The molecule has 1 aromatic carbocycles. The fourth-order valence-corrected chi connectivity index (χ4v) is 4.40. The van der Waals surface area contributed by atoms with Crippen molar-refractivity contribution in [1.82, 2.24) is 9.36 Å². The molecule has 0 fully saturated rings. The number of hydrogen-bond acceptors (Lipinski definition) is 6. The Morgan fingerprint density at radius 2 is 2.05 bits per heavy atom. The zero-order valence-electron chi connectivity index (χ0n) is 11.0. The molecule has 6 heteroatoms. The highest BCUT2D eigenvalue weighted by molar-refractivity contribution is 8.01. The molecular weight excluding hydrogens is 294 g/mol. The van der Waals surface area contributed by atoms with Crippen LogP contribution in [-0.2, 0) is 13.0 Å². The van der Waals surface area contributed by atoms with Gasteiger partial charge in [-0.2, -0.15) is 4.37 Å². The predicted octanol–water partition coefficient (Wildman–Crippen LogP) is 3.82. The fraction of sp³-hybridized carbons (Fsp3) is 0.385. The van der Waals surface area contributed by atoms with Gasteiger partial charge in [-0.25, -0.2) is 4.98 Å². The minimum atomic E-state index is 0.560. The van der Waals surface area contributed by atoms with E-state index < -0.39 is 0 Å². The number of aryl methyl sites for hydroxylation is 1. The Morgan fingerprint density at radius 3 is 2.68 bits per heavy atom. The molecule has 0 unspecified atom stereocenters. The van der Waals surface area contributed by atoms with Crippen molar-refractivity contribution < 1.29 is 0 Å². The third-order valence-electron chi connectivity index (χ3n) is 2.56. The van der Waals surface area contributed by atoms with Crippen LogP contribution in [0.15, 0.2) is 32.3 Å². The van der Waals surface area contributed by atoms with E-state index in [-0.39, 0.29) is 0 Å². The van der Waals surface area contributed by atoms with Gasteiger partial charge in [-0.15, -0.1) is 11.8 Å². The molecule has 102 valence electrons. The molecule has 2 N–H and O–H groups in total. The largest absolute Gasteiger partial charge is 0.326 e. The number of nitrogens with zero attached hydrogens (tertiary/aromatic N) is 2. The van der Waals surface area contributed by atoms with Gasteiger partial charge in [-0.3, -0.25) is 0 Å². The van der Waals surface area contributed by atoms with E-state index in [2.05, 4.69) is 41.4 Å². The number of benzene rings is 1. The Balaban J connectivity index is 2.26. The van der Waals surface area contributed by atoms with Gasteiger partial charge in [0.1, 0.15) is 5.82 Å². The zero-order valence-corrected chi connectivity index (χ0v) is 13.5. The summed E-state index contributed by atoms with van der Waals surface area (Å²) in [5, 5.41) is 0. The third-order valence-corrected chi connectivity index (χ3v) is 5.43. The monoisotopic (exact) mass is 311 g/mol. The van der Waals surface area contributed by atoms with E-state index in [4.69, 9.17) is 5.73 Å². The van der Waals surface area contributed by atoms with Crippen molar-refractivity contribution in [3.05, 3.63) is 29.6 Å². The fourth-order valence-electron chi connectivity index (χ4n) is 1.65. The summed E-state index contributed by atoms with van der Waals surface area (Å²) >= 11 is 4.96. The molecule has 1 aromatic heterocycles. The van der Waals surface area contributed by atoms with E-state index in [1.807, 2.05) is 11.8 Å². The van der Waals surface area contributed by atoms with Crippen molar-refractivity contribution in [1.29, 1.82) is 0 Å². The molecule has 0 aliphatic carbocycles. The van der Waals surface area contributed by atoms with Crippen LogP contribution in [0, 0.1) is 0 Å². The summed E-state index contributed by atoms with van der Waals surface area (Å²) in [5.41, 5.74) is 7.12. The van der Waals surface area contributed by atoms with Gasteiger partial charge in [0, 0.05) is 22.8 Å². The van der Waals surface area contributed by atoms with E-state index in [1.165, 1.54) is 26.9 Å². The molecule has 0 atom stereocenters. The summed E-state index contributed by atoms with van der Waals surface area (Å²) in [5.74, 6) is 1.97. The number of aromatic nitrogens is 2. The van der Waals surface area contributed by atoms with E-state index in [0.717, 1.165) is 22.3 Å². The zero-order chi connectivity index (χ0) is 13.7. The highest BCUT2D eigenvalue weighted by atomic mass is 32.2. The SMILES string of the molecule is CCSc1cccc(Sc2nc(CC)ns2)c1CN. The first kappa shape index (κ1) is 14.8. The molecule has 0 aliphatic heterocycles. The van der Waals surface area contributed by atoms with Crippen LogP contribution in [0.3, 0.4) is 0 Å². The van der Waals surface area contributed by atoms with Crippen molar-refractivity contribution in [2.24, 2.45) is 5.73 Å². The van der Waals surface area contributed by atoms with Crippen LogP contribution in [0.4, 0.5) is 0 Å². The first-order chi connectivity index (χ1) is 9.28. The van der Waals surface area contributed by atoms with E-state index >= 15 is 0 Å². The summed E-state index contributed by atoms with van der Waals surface area (Å²) in [6.07, 6.45) is 0.881. The lowest BCUT2D eigenvalue weighted by atomic mass is 10.2. The minimum Gasteiger partial charge on any atom is -0.326 e. The van der Waals surface area contributed by atoms with Gasteiger partial charge in [-0.05, 0) is 35.0 Å². The molecule has 19 heavy (non-hydrogen) atoms. The summed E-state index contributed by atoms with van der Waals surface area (Å²) in [4.78, 5) is 6.97. The van der Waals surface area contributed by atoms with Crippen molar-refractivity contribution in [3.8, 4) is 0 Å². The first-order valence-electron chi connectivity index (χ1n) is 6.23. The van der Waals surface area contributed by atoms with Crippen molar-refractivity contribution in [3.63, 3.8) is 0 Å². The average molecular weight is 312 g/mol. The maximum Gasteiger partial charge on any atom is 0.174 e. The molecule has 0 radical (unpaired) electrons. The number of rotatable bonds is 6. The Hall–Kier alpha value is -0.560. The van der Waals surface area contributed by atoms with Crippen LogP contribution < -0.4 is 5.73 Å². The summed E-state index contributed by atoms with van der Waals surface area (Å²) in [6, 6.07) is 6.33. The quantitative estimate of drug-likeness (QED) is 0.822. The molecule has 2 rings (SSSR count). The number of thioether (sulfide) groups is 1. The second kappa shape index (κ2) is 7.28. The van der Waals surface area contributed by atoms with Crippen LogP contribution in [0.25, 0.3) is 0 Å². The van der Waals surface area contributed by atoms with Crippen LogP contribution in [0.2, 0.25) is 0 Å². The normalized spacial score (nSPS) is 10.9. The van der Waals surface area contributed by atoms with E-state index in [1.54, 1.807) is 11.8 Å². The standard InChI is InChI=1S/C13H17N3S3/c1-3-12-15-13(19-16-12)18-11-7-5-6-10(17-4-2)9(11)8-14/h5-7H,3-4,8,14H2,1-2H3. The van der Waals surface area contributed by atoms with Crippen molar-refractivity contribution in [2.45, 2.75) is 40.9 Å². The van der Waals surface area contributed by atoms with Crippen LogP contribution in [-0.4, -0.2) is 15.1 Å². The van der Waals surface area contributed by atoms with Gasteiger partial charge < -0.3 is 5.73 Å². The maximum atomic E-state index is 5.91. The molecule has 1 heterocycles. The van der Waals surface area contributed by atoms with Gasteiger partial charge >= 0.3 is 0 Å². The number of hydrogen-bond donors (Lipinski definition) is 1. The van der Waals surface area contributed by atoms with Gasteiger partial charge in [0.25, 0.3) is 0 Å². The lowest BCUT2D eigenvalue weighted by molar-refractivity contribution is 0.964. The Labute approximate surface area is 126 Å². The van der Waals surface area contributed by atoms with Crippen LogP contribution >= 0.6 is 35.1 Å². The van der Waals surface area contributed by atoms with Crippen molar-refractivity contribution in [2.75, 3.05) is 5.75 Å². The molecule has 0 amide bonds. The molecule has 0 spiro atoms. The van der Waals surface area contributed by atoms with Crippen LogP contribution in [0.1, 0.15) is 25.2 Å². The number of nitrogens with two attached hydrogens (primary N) is 1. The summed E-state index contributed by atoms with van der Waals surface area (Å²) in [7, 11) is 0. The molecule has 2 aromatic rings. The Morgan fingerprint density at radius 1 is 1.26 bits per heavy atom. The van der Waals surface area contributed by atoms with Crippen LogP contribution in [0.5, 0.6) is 0 Å². The topological polar surface area (TPSA) is 51.8 Å². The highest BCUT2D eigenvalue weighted by Gasteiger charge is 2.11. The van der Waals surface area contributed by atoms with Crippen molar-refractivity contribution >= 4 is 35.1 Å². The van der Waals surface area contributed by atoms with Gasteiger partial charge in [-0.1, -0.05) is 31.7 Å². The Kier molecular flexibility index (Phi) is 5.69. The summed E-state index contributed by atoms with van der Waals surface area (Å²) in [6.45, 7) is 4.79. The smallest absolute Gasteiger partial charge is 0.174 e. The summed E-state index contributed by atoms with van der Waals surface area (Å²) < 4.78 is 5.31. The minimum absolute atomic E-state index is 0.560. The molecule has 0 saturated heterocycles. The Bertz CT molecular complexity index is 540.